The van der Waals surface area contributed by atoms with Gasteiger partial charge in [0, 0.05) is 18.2 Å². The summed E-state index contributed by atoms with van der Waals surface area (Å²) in [5.41, 5.74) is 2.14. The van der Waals surface area contributed by atoms with Crippen LogP contribution >= 0.6 is 11.3 Å². The average Bonchev–Trinajstić information content (AvgIpc) is 3.27. The van der Waals surface area contributed by atoms with E-state index in [2.05, 4.69) is 31.0 Å². The summed E-state index contributed by atoms with van der Waals surface area (Å²) in [6.07, 6.45) is 14.5. The van der Waals surface area contributed by atoms with Gasteiger partial charge in [-0.1, -0.05) is 32.4 Å². The molecule has 3 atom stereocenters. The Morgan fingerprint density at radius 2 is 2.07 bits per heavy atom. The number of allylic oxidation sites excluding steroid dienone is 1. The number of carbonyl (C=O) groups excluding carboxylic acids is 1. The molecule has 2 aliphatic heterocycles. The zero-order chi connectivity index (χ0) is 20.9. The zero-order valence-corrected chi connectivity index (χ0v) is 19.1. The molecule has 1 fully saturated rings. The maximum Gasteiger partial charge on any atom is 0.306 e. The van der Waals surface area contributed by atoms with Crippen LogP contribution in [0.4, 0.5) is 0 Å². The fraction of sp³-hybridized carbons (Fsp3) is 0.667. The van der Waals surface area contributed by atoms with Crippen molar-refractivity contribution in [3.05, 3.63) is 33.8 Å². The fourth-order valence-corrected chi connectivity index (χ4v) is 4.47. The molecule has 0 radical (unpaired) electrons. The van der Waals surface area contributed by atoms with Gasteiger partial charge in [-0.2, -0.15) is 0 Å². The molecule has 0 spiro atoms. The Morgan fingerprint density at radius 3 is 2.83 bits per heavy atom. The predicted octanol–water partition coefficient (Wildman–Crippen LogP) is 6.25. The Morgan fingerprint density at radius 1 is 1.24 bits per heavy atom. The summed E-state index contributed by atoms with van der Waals surface area (Å²) in [4.78, 5) is 17.2. The Labute approximate surface area is 179 Å². The molecule has 5 heteroatoms. The van der Waals surface area contributed by atoms with Crippen LogP contribution in [0.1, 0.15) is 82.8 Å². The van der Waals surface area contributed by atoms with Gasteiger partial charge in [0.05, 0.1) is 22.9 Å². The van der Waals surface area contributed by atoms with Crippen molar-refractivity contribution in [3.8, 4) is 0 Å². The minimum atomic E-state index is -0.250. The number of thiazole rings is 1. The number of esters is 1. The molecule has 4 nitrogen and oxygen atoms in total. The van der Waals surface area contributed by atoms with Crippen LogP contribution < -0.4 is 0 Å². The SMILES string of the molecule is CC(=Cc1csc(C)n1)C1CC2OC2CC=CCCCCC(C)(C)CCC(=O)O1. The van der Waals surface area contributed by atoms with Crippen molar-refractivity contribution < 1.29 is 14.3 Å². The van der Waals surface area contributed by atoms with Gasteiger partial charge in [-0.25, -0.2) is 4.98 Å². The highest BCUT2D eigenvalue weighted by atomic mass is 32.1. The van der Waals surface area contributed by atoms with E-state index in [1.54, 1.807) is 11.3 Å². The van der Waals surface area contributed by atoms with Crippen LogP contribution in [0.3, 0.4) is 0 Å². The van der Waals surface area contributed by atoms with Gasteiger partial charge in [0.2, 0.25) is 0 Å². The molecule has 2 aliphatic rings. The lowest BCUT2D eigenvalue weighted by Crippen LogP contribution is -2.23. The minimum Gasteiger partial charge on any atom is -0.458 e. The molecule has 3 heterocycles. The molecule has 29 heavy (non-hydrogen) atoms. The summed E-state index contributed by atoms with van der Waals surface area (Å²) in [5.74, 6) is -0.102. The molecule has 0 saturated carbocycles. The number of rotatable bonds is 2. The van der Waals surface area contributed by atoms with E-state index >= 15 is 0 Å². The highest BCUT2D eigenvalue weighted by Gasteiger charge is 2.40. The van der Waals surface area contributed by atoms with Gasteiger partial charge in [-0.15, -0.1) is 11.3 Å². The first kappa shape index (κ1) is 22.2. The maximum absolute atomic E-state index is 12.6. The average molecular weight is 418 g/mol. The van der Waals surface area contributed by atoms with Crippen LogP contribution in [0.5, 0.6) is 0 Å². The second-order valence-corrected chi connectivity index (χ2v) is 10.3. The van der Waals surface area contributed by atoms with Gasteiger partial charge >= 0.3 is 5.97 Å². The number of aryl methyl sites for hydroxylation is 1. The molecule has 3 unspecified atom stereocenters. The topological polar surface area (TPSA) is 51.7 Å². The molecule has 0 aromatic carbocycles. The Balaban J connectivity index is 1.70. The predicted molar refractivity (Wildman–Crippen MR) is 119 cm³/mol. The van der Waals surface area contributed by atoms with Crippen LogP contribution in [0.15, 0.2) is 23.1 Å². The molecule has 0 aliphatic carbocycles. The first-order valence-electron chi connectivity index (χ1n) is 10.9. The van der Waals surface area contributed by atoms with Crippen molar-refractivity contribution in [2.45, 2.75) is 97.4 Å². The number of nitrogens with zero attached hydrogens (tertiary/aromatic N) is 1. The van der Waals surface area contributed by atoms with Crippen LogP contribution in [-0.2, 0) is 14.3 Å². The monoisotopic (exact) mass is 417 g/mol. The number of ether oxygens (including phenoxy) is 2. The number of epoxide rings is 1. The first-order valence-corrected chi connectivity index (χ1v) is 11.8. The Bertz CT molecular complexity index is 749. The summed E-state index contributed by atoms with van der Waals surface area (Å²) in [7, 11) is 0. The lowest BCUT2D eigenvalue weighted by Gasteiger charge is -2.25. The molecule has 1 aromatic heterocycles. The maximum atomic E-state index is 12.6. The van der Waals surface area contributed by atoms with E-state index in [4.69, 9.17) is 9.47 Å². The standard InChI is InChI=1S/C24H35NO3S/c1-17(14-19-16-29-18(2)25-19)21-15-22-20(27-22)10-8-6-5-7-9-12-24(3,4)13-11-23(26)28-21/h6,8,14,16,20-22H,5,7,9-13,15H2,1-4H3. The molecule has 0 N–H and O–H groups in total. The van der Waals surface area contributed by atoms with Crippen molar-refractivity contribution in [3.63, 3.8) is 0 Å². The summed E-state index contributed by atoms with van der Waals surface area (Å²) in [6.45, 7) is 8.55. The van der Waals surface area contributed by atoms with E-state index in [-0.39, 0.29) is 29.7 Å². The third-order valence-corrected chi connectivity index (χ3v) is 6.73. The summed E-state index contributed by atoms with van der Waals surface area (Å²) >= 11 is 1.63. The van der Waals surface area contributed by atoms with E-state index in [1.807, 2.05) is 25.3 Å². The Kier molecular flexibility index (Phi) is 7.69. The summed E-state index contributed by atoms with van der Waals surface area (Å²) in [5, 5.41) is 3.08. The number of carbonyl (C=O) groups is 1. The highest BCUT2D eigenvalue weighted by Crippen LogP contribution is 2.34. The van der Waals surface area contributed by atoms with E-state index in [0.29, 0.717) is 6.42 Å². The van der Waals surface area contributed by atoms with Crippen LogP contribution in [-0.4, -0.2) is 29.3 Å². The molecular formula is C24H35NO3S. The Hall–Kier alpha value is -1.46. The molecule has 0 bridgehead atoms. The highest BCUT2D eigenvalue weighted by molar-refractivity contribution is 7.09. The van der Waals surface area contributed by atoms with Crippen LogP contribution in [0.2, 0.25) is 0 Å². The fourth-order valence-electron chi connectivity index (χ4n) is 3.90. The molecule has 1 saturated heterocycles. The van der Waals surface area contributed by atoms with Crippen molar-refractivity contribution in [2.75, 3.05) is 0 Å². The van der Waals surface area contributed by atoms with Crippen LogP contribution in [0.25, 0.3) is 6.08 Å². The van der Waals surface area contributed by atoms with E-state index in [9.17, 15) is 4.79 Å². The second-order valence-electron chi connectivity index (χ2n) is 9.22. The molecule has 3 rings (SSSR count). The van der Waals surface area contributed by atoms with Gasteiger partial charge in [0.1, 0.15) is 6.10 Å². The van der Waals surface area contributed by atoms with Gasteiger partial charge < -0.3 is 9.47 Å². The van der Waals surface area contributed by atoms with Gasteiger partial charge in [-0.05, 0) is 63.0 Å². The third-order valence-electron chi connectivity index (χ3n) is 5.94. The number of hydrogen-bond donors (Lipinski definition) is 0. The molecular weight excluding hydrogens is 382 g/mol. The third kappa shape index (κ3) is 7.38. The summed E-state index contributed by atoms with van der Waals surface area (Å²) < 4.78 is 11.8. The number of cyclic esters (lactones) is 1. The van der Waals surface area contributed by atoms with Gasteiger partial charge in [-0.3, -0.25) is 4.79 Å². The molecule has 0 amide bonds. The van der Waals surface area contributed by atoms with Crippen molar-refractivity contribution in [1.29, 1.82) is 0 Å². The van der Waals surface area contributed by atoms with E-state index < -0.39 is 0 Å². The lowest BCUT2D eigenvalue weighted by atomic mass is 9.82. The van der Waals surface area contributed by atoms with Crippen LogP contribution in [0, 0.1) is 12.3 Å². The van der Waals surface area contributed by atoms with Gasteiger partial charge in [0.15, 0.2) is 0 Å². The quantitative estimate of drug-likeness (QED) is 0.324. The lowest BCUT2D eigenvalue weighted by molar-refractivity contribution is -0.148. The number of hydrogen-bond acceptors (Lipinski definition) is 5. The minimum absolute atomic E-state index is 0.102. The number of fused-ring (bicyclic) bond motifs is 1. The zero-order valence-electron chi connectivity index (χ0n) is 18.3. The van der Waals surface area contributed by atoms with Crippen molar-refractivity contribution >= 4 is 23.4 Å². The summed E-state index contributed by atoms with van der Waals surface area (Å²) in [6, 6.07) is 0. The largest absolute Gasteiger partial charge is 0.458 e. The van der Waals surface area contributed by atoms with E-state index in [0.717, 1.165) is 48.4 Å². The first-order chi connectivity index (χ1) is 13.8. The smallest absolute Gasteiger partial charge is 0.306 e. The van der Waals surface area contributed by atoms with E-state index in [1.165, 1.54) is 12.8 Å². The number of aromatic nitrogens is 1. The van der Waals surface area contributed by atoms with Crippen molar-refractivity contribution in [2.24, 2.45) is 5.41 Å². The molecule has 160 valence electrons. The normalized spacial score (nSPS) is 29.2. The molecule has 1 aromatic rings. The van der Waals surface area contributed by atoms with Crippen molar-refractivity contribution in [1.82, 2.24) is 4.98 Å². The van der Waals surface area contributed by atoms with Gasteiger partial charge in [0.25, 0.3) is 0 Å². The second kappa shape index (κ2) is 10.0.